The minimum Gasteiger partial charge on any atom is -0.382 e. The molecule has 1 atom stereocenters. The van der Waals surface area contributed by atoms with Crippen molar-refractivity contribution in [2.24, 2.45) is 0 Å². The van der Waals surface area contributed by atoms with Crippen LogP contribution in [0.3, 0.4) is 0 Å². The van der Waals surface area contributed by atoms with Crippen LogP contribution in [0.5, 0.6) is 0 Å². The lowest BCUT2D eigenvalue weighted by atomic mass is 10.0. The average molecular weight is 390 g/mol. The molecule has 0 amide bonds. The first kappa shape index (κ1) is 17.9. The van der Waals surface area contributed by atoms with Gasteiger partial charge in [-0.2, -0.15) is 0 Å². The Morgan fingerprint density at radius 2 is 1.68 bits per heavy atom. The molecule has 5 nitrogen and oxygen atoms in total. The van der Waals surface area contributed by atoms with E-state index in [1.165, 1.54) is 18.5 Å². The van der Waals surface area contributed by atoms with Crippen LogP contribution in [0.2, 0.25) is 0 Å². The van der Waals surface area contributed by atoms with Gasteiger partial charge in [0.1, 0.15) is 27.5 Å². The Hall–Kier alpha value is -3.45. The molecule has 7 heteroatoms. The molecule has 4 rings (SSSR count). The number of halogens is 1. The highest BCUT2D eigenvalue weighted by atomic mass is 32.2. The molecule has 2 N–H and O–H groups in total. The maximum Gasteiger partial charge on any atom is 0.141 e. The van der Waals surface area contributed by atoms with Crippen LogP contribution in [0.1, 0.15) is 0 Å². The zero-order valence-electron chi connectivity index (χ0n) is 14.6. The van der Waals surface area contributed by atoms with Crippen molar-refractivity contribution in [3.05, 3.63) is 85.1 Å². The highest BCUT2D eigenvalue weighted by Crippen LogP contribution is 2.30. The van der Waals surface area contributed by atoms with Gasteiger partial charge in [0.25, 0.3) is 0 Å². The normalized spacial score (nSPS) is 11.9. The highest BCUT2D eigenvalue weighted by molar-refractivity contribution is 7.85. The van der Waals surface area contributed by atoms with Crippen LogP contribution in [-0.2, 0) is 10.8 Å². The van der Waals surface area contributed by atoms with E-state index < -0.39 is 16.6 Å². The minimum atomic E-state index is -1.48. The summed E-state index contributed by atoms with van der Waals surface area (Å²) in [6, 6.07) is 17.3. The van der Waals surface area contributed by atoms with Crippen LogP contribution in [0.25, 0.3) is 22.4 Å². The van der Waals surface area contributed by atoms with Gasteiger partial charge >= 0.3 is 0 Å². The van der Waals surface area contributed by atoms with E-state index in [0.29, 0.717) is 32.3 Å². The molecule has 0 saturated heterocycles. The van der Waals surface area contributed by atoms with Crippen LogP contribution in [-0.4, -0.2) is 19.2 Å². The monoisotopic (exact) mass is 390 g/mol. The summed E-state index contributed by atoms with van der Waals surface area (Å²) in [7, 11) is -1.48. The molecule has 2 aromatic carbocycles. The van der Waals surface area contributed by atoms with Gasteiger partial charge in [0, 0.05) is 22.2 Å². The van der Waals surface area contributed by atoms with E-state index in [9.17, 15) is 8.60 Å². The fraction of sp³-hybridized carbons (Fsp3) is 0. The number of nitrogens with zero attached hydrogens (tertiary/aromatic N) is 3. The molecule has 0 aliphatic rings. The van der Waals surface area contributed by atoms with E-state index in [2.05, 4.69) is 15.0 Å². The first-order valence-electron chi connectivity index (χ1n) is 8.43. The Morgan fingerprint density at radius 3 is 2.39 bits per heavy atom. The van der Waals surface area contributed by atoms with Gasteiger partial charge in [0.05, 0.1) is 18.1 Å². The minimum absolute atomic E-state index is 0.268. The topological polar surface area (TPSA) is 81.8 Å². The molecule has 0 spiro atoms. The van der Waals surface area contributed by atoms with E-state index in [1.807, 2.05) is 18.2 Å². The number of nitrogens with two attached hydrogens (primary N) is 1. The third kappa shape index (κ3) is 3.52. The van der Waals surface area contributed by atoms with Crippen molar-refractivity contribution in [3.8, 4) is 22.4 Å². The molecule has 2 aromatic heterocycles. The van der Waals surface area contributed by atoms with E-state index in [1.54, 1.807) is 42.6 Å². The Morgan fingerprint density at radius 1 is 0.857 bits per heavy atom. The zero-order chi connectivity index (χ0) is 19.5. The quantitative estimate of drug-likeness (QED) is 0.567. The van der Waals surface area contributed by atoms with Crippen LogP contribution >= 0.6 is 0 Å². The summed E-state index contributed by atoms with van der Waals surface area (Å²) in [5.74, 6) is -0.193. The number of rotatable bonds is 4. The Balaban J connectivity index is 1.75. The van der Waals surface area contributed by atoms with Gasteiger partial charge in [0.2, 0.25) is 0 Å². The second kappa shape index (κ2) is 7.66. The lowest BCUT2D eigenvalue weighted by Gasteiger charge is -2.10. The maximum atomic E-state index is 14.8. The van der Waals surface area contributed by atoms with Crippen LogP contribution in [0.4, 0.5) is 10.2 Å². The lowest BCUT2D eigenvalue weighted by molar-refractivity contribution is 0.631. The first-order valence-corrected chi connectivity index (χ1v) is 9.58. The molecular formula is C21H15FN4OS. The fourth-order valence-electron chi connectivity index (χ4n) is 2.78. The summed E-state index contributed by atoms with van der Waals surface area (Å²) in [6.45, 7) is 0. The van der Waals surface area contributed by atoms with Crippen LogP contribution in [0.15, 0.2) is 89.2 Å². The second-order valence-corrected chi connectivity index (χ2v) is 7.35. The Bertz CT molecular complexity index is 1150. The number of benzene rings is 2. The molecule has 0 bridgehead atoms. The van der Waals surface area contributed by atoms with E-state index >= 15 is 0 Å². The van der Waals surface area contributed by atoms with Crippen LogP contribution in [0, 0.1) is 5.82 Å². The van der Waals surface area contributed by atoms with Crippen molar-refractivity contribution in [1.29, 1.82) is 0 Å². The third-order valence-corrected chi connectivity index (χ3v) is 5.51. The van der Waals surface area contributed by atoms with E-state index in [4.69, 9.17) is 5.73 Å². The summed E-state index contributed by atoms with van der Waals surface area (Å²) in [5, 5.41) is 0.383. The third-order valence-electron chi connectivity index (χ3n) is 4.13. The molecule has 4 aromatic rings. The van der Waals surface area contributed by atoms with Crippen molar-refractivity contribution in [3.63, 3.8) is 0 Å². The van der Waals surface area contributed by atoms with Gasteiger partial charge in [-0.05, 0) is 35.9 Å². The van der Waals surface area contributed by atoms with Crippen molar-refractivity contribution >= 4 is 16.6 Å². The first-order chi connectivity index (χ1) is 13.6. The maximum absolute atomic E-state index is 14.8. The number of nitrogen functional groups attached to an aromatic ring is 1. The number of pyridine rings is 1. The lowest BCUT2D eigenvalue weighted by Crippen LogP contribution is -1.99. The van der Waals surface area contributed by atoms with Crippen molar-refractivity contribution in [2.75, 3.05) is 5.73 Å². The SMILES string of the molecule is Nc1cnc(-c2ccc(-c3cccnc3S(=O)c3ccccc3)cc2F)cn1. The van der Waals surface area contributed by atoms with Crippen molar-refractivity contribution in [1.82, 2.24) is 15.0 Å². The molecule has 0 aliphatic heterocycles. The van der Waals surface area contributed by atoms with Crippen molar-refractivity contribution < 1.29 is 8.60 Å². The van der Waals surface area contributed by atoms with Gasteiger partial charge in [-0.25, -0.2) is 18.6 Å². The second-order valence-electron chi connectivity index (χ2n) is 5.96. The van der Waals surface area contributed by atoms with E-state index in [0.717, 1.165) is 0 Å². The standard InChI is InChI=1S/C21H15FN4OS/c22-18-11-14(8-9-17(18)19-12-26-20(23)13-25-19)16-7-4-10-24-21(16)28(27)15-5-2-1-3-6-15/h1-13H,(H2,23,26). The van der Waals surface area contributed by atoms with Crippen molar-refractivity contribution in [2.45, 2.75) is 9.92 Å². The molecule has 138 valence electrons. The molecular weight excluding hydrogens is 375 g/mol. The Labute approximate surface area is 163 Å². The van der Waals surface area contributed by atoms with Gasteiger partial charge in [0.15, 0.2) is 0 Å². The molecule has 2 heterocycles. The van der Waals surface area contributed by atoms with Gasteiger partial charge in [-0.15, -0.1) is 0 Å². The zero-order valence-corrected chi connectivity index (χ0v) is 15.4. The van der Waals surface area contributed by atoms with Gasteiger partial charge < -0.3 is 5.73 Å². The molecule has 0 fully saturated rings. The Kier molecular flexibility index (Phi) is 4.90. The van der Waals surface area contributed by atoms with Gasteiger partial charge in [-0.3, -0.25) is 4.98 Å². The molecule has 28 heavy (non-hydrogen) atoms. The summed E-state index contributed by atoms with van der Waals surface area (Å²) in [5.41, 5.74) is 7.42. The average Bonchev–Trinajstić information content (AvgIpc) is 2.74. The smallest absolute Gasteiger partial charge is 0.141 e. The molecule has 0 saturated carbocycles. The molecule has 0 aliphatic carbocycles. The summed E-state index contributed by atoms with van der Waals surface area (Å²) in [4.78, 5) is 13.0. The van der Waals surface area contributed by atoms with E-state index in [-0.39, 0.29) is 5.82 Å². The largest absolute Gasteiger partial charge is 0.382 e. The summed E-state index contributed by atoms with van der Waals surface area (Å²) < 4.78 is 27.8. The van der Waals surface area contributed by atoms with Crippen LogP contribution < -0.4 is 5.73 Å². The predicted octanol–water partition coefficient (Wildman–Crippen LogP) is 4.09. The molecule has 0 radical (unpaired) electrons. The number of aromatic nitrogens is 3. The fourth-order valence-corrected chi connectivity index (χ4v) is 3.95. The summed E-state index contributed by atoms with van der Waals surface area (Å²) in [6.07, 6.45) is 4.38. The number of hydrogen-bond acceptors (Lipinski definition) is 5. The number of anilines is 1. The van der Waals surface area contributed by atoms with Gasteiger partial charge in [-0.1, -0.05) is 30.3 Å². The summed E-state index contributed by atoms with van der Waals surface area (Å²) >= 11 is 0. The molecule has 1 unspecified atom stereocenters. The number of hydrogen-bond donors (Lipinski definition) is 1. The highest BCUT2D eigenvalue weighted by Gasteiger charge is 2.16. The predicted molar refractivity (Wildman–Crippen MR) is 106 cm³/mol.